The van der Waals surface area contributed by atoms with Gasteiger partial charge in [0.25, 0.3) is 0 Å². The van der Waals surface area contributed by atoms with Gasteiger partial charge in [0, 0.05) is 23.7 Å². The molecule has 0 unspecified atom stereocenters. The molecule has 0 amide bonds. The second-order valence-electron chi connectivity index (χ2n) is 3.28. The maximum absolute atomic E-state index is 13.4. The summed E-state index contributed by atoms with van der Waals surface area (Å²) in [5.74, 6) is -0.327. The summed E-state index contributed by atoms with van der Waals surface area (Å²) in [7, 11) is 0. The van der Waals surface area contributed by atoms with Gasteiger partial charge in [-0.2, -0.15) is 0 Å². The molecule has 2 aromatic rings. The zero-order valence-corrected chi connectivity index (χ0v) is 9.72. The van der Waals surface area contributed by atoms with Crippen LogP contribution in [-0.4, -0.2) is 16.5 Å². The summed E-state index contributed by atoms with van der Waals surface area (Å²) >= 11 is 1.45. The van der Waals surface area contributed by atoms with Gasteiger partial charge in [-0.25, -0.2) is 9.37 Å². The van der Waals surface area contributed by atoms with Gasteiger partial charge in [0.1, 0.15) is 5.01 Å². The Morgan fingerprint density at radius 2 is 2.38 bits per heavy atom. The van der Waals surface area contributed by atoms with Crippen LogP contribution in [0.5, 0.6) is 0 Å². The Bertz CT molecular complexity index is 470. The van der Waals surface area contributed by atoms with E-state index >= 15 is 0 Å². The number of pyridine rings is 1. The van der Waals surface area contributed by atoms with Crippen LogP contribution in [0.25, 0.3) is 10.6 Å². The topological polar surface area (TPSA) is 37.8 Å². The standard InChI is InChI=1S/C11H12FN3S/c1-2-13-5-8-7-16-11(15-8)9-3-4-14-6-10(9)12/h3-4,6-7,13H,2,5H2,1H3. The van der Waals surface area contributed by atoms with Gasteiger partial charge in [-0.3, -0.25) is 4.98 Å². The van der Waals surface area contributed by atoms with Gasteiger partial charge >= 0.3 is 0 Å². The second-order valence-corrected chi connectivity index (χ2v) is 4.14. The van der Waals surface area contributed by atoms with E-state index in [1.807, 2.05) is 12.3 Å². The molecular formula is C11H12FN3S. The summed E-state index contributed by atoms with van der Waals surface area (Å²) < 4.78 is 13.4. The molecule has 16 heavy (non-hydrogen) atoms. The molecule has 0 bridgehead atoms. The van der Waals surface area contributed by atoms with Crippen molar-refractivity contribution in [3.05, 3.63) is 35.4 Å². The molecule has 0 saturated carbocycles. The number of hydrogen-bond donors (Lipinski definition) is 1. The van der Waals surface area contributed by atoms with E-state index < -0.39 is 0 Å². The van der Waals surface area contributed by atoms with Crippen molar-refractivity contribution in [3.8, 4) is 10.6 Å². The van der Waals surface area contributed by atoms with Crippen LogP contribution >= 0.6 is 11.3 Å². The van der Waals surface area contributed by atoms with Gasteiger partial charge < -0.3 is 5.32 Å². The molecule has 84 valence electrons. The SMILES string of the molecule is CCNCc1csc(-c2ccncc2F)n1. The lowest BCUT2D eigenvalue weighted by atomic mass is 10.3. The summed E-state index contributed by atoms with van der Waals surface area (Å²) in [6.45, 7) is 3.66. The lowest BCUT2D eigenvalue weighted by Gasteiger charge is -1.97. The molecule has 5 heteroatoms. The summed E-state index contributed by atoms with van der Waals surface area (Å²) in [6.07, 6.45) is 2.78. The van der Waals surface area contributed by atoms with E-state index in [1.165, 1.54) is 17.5 Å². The van der Waals surface area contributed by atoms with E-state index in [4.69, 9.17) is 0 Å². The molecule has 0 aliphatic heterocycles. The fourth-order valence-corrected chi connectivity index (χ4v) is 2.16. The largest absolute Gasteiger partial charge is 0.311 e. The van der Waals surface area contributed by atoms with Crippen LogP contribution in [0.4, 0.5) is 4.39 Å². The molecule has 3 nitrogen and oxygen atoms in total. The van der Waals surface area contributed by atoms with Crippen LogP contribution < -0.4 is 5.32 Å². The summed E-state index contributed by atoms with van der Waals surface area (Å²) in [4.78, 5) is 8.08. The highest BCUT2D eigenvalue weighted by atomic mass is 32.1. The third-order valence-corrected chi connectivity index (χ3v) is 3.04. The van der Waals surface area contributed by atoms with Crippen molar-refractivity contribution < 1.29 is 4.39 Å². The zero-order valence-electron chi connectivity index (χ0n) is 8.90. The molecule has 0 saturated heterocycles. The Morgan fingerprint density at radius 3 is 3.12 bits per heavy atom. The number of hydrogen-bond acceptors (Lipinski definition) is 4. The number of nitrogens with one attached hydrogen (secondary N) is 1. The average molecular weight is 237 g/mol. The monoisotopic (exact) mass is 237 g/mol. The van der Waals surface area contributed by atoms with Gasteiger partial charge in [-0.1, -0.05) is 6.92 Å². The first-order chi connectivity index (χ1) is 7.81. The van der Waals surface area contributed by atoms with Crippen molar-refractivity contribution >= 4 is 11.3 Å². The number of halogens is 1. The maximum Gasteiger partial charge on any atom is 0.151 e. The van der Waals surface area contributed by atoms with Crippen LogP contribution in [0.1, 0.15) is 12.6 Å². The van der Waals surface area contributed by atoms with Gasteiger partial charge in [0.05, 0.1) is 11.9 Å². The Morgan fingerprint density at radius 1 is 1.50 bits per heavy atom. The normalized spacial score (nSPS) is 10.6. The number of aromatic nitrogens is 2. The van der Waals surface area contributed by atoms with Crippen molar-refractivity contribution in [2.75, 3.05) is 6.54 Å². The molecule has 2 rings (SSSR count). The maximum atomic E-state index is 13.4. The van der Waals surface area contributed by atoms with E-state index in [2.05, 4.69) is 15.3 Å². The Labute approximate surface area is 97.4 Å². The van der Waals surface area contributed by atoms with Gasteiger partial charge in [0.15, 0.2) is 5.82 Å². The molecule has 2 heterocycles. The molecule has 0 aliphatic rings. The molecule has 0 aliphatic carbocycles. The van der Waals surface area contributed by atoms with Crippen molar-refractivity contribution in [3.63, 3.8) is 0 Å². The molecule has 0 spiro atoms. The lowest BCUT2D eigenvalue weighted by molar-refractivity contribution is 0.624. The van der Waals surface area contributed by atoms with Gasteiger partial charge in [0.2, 0.25) is 0 Å². The van der Waals surface area contributed by atoms with Crippen LogP contribution in [0.3, 0.4) is 0 Å². The highest BCUT2D eigenvalue weighted by Crippen LogP contribution is 2.25. The number of rotatable bonds is 4. The van der Waals surface area contributed by atoms with E-state index in [0.29, 0.717) is 10.6 Å². The predicted molar refractivity (Wildman–Crippen MR) is 62.7 cm³/mol. The number of nitrogens with zero attached hydrogens (tertiary/aromatic N) is 2. The summed E-state index contributed by atoms with van der Waals surface area (Å²) in [5.41, 5.74) is 1.46. The molecule has 0 radical (unpaired) electrons. The zero-order chi connectivity index (χ0) is 11.4. The van der Waals surface area contributed by atoms with E-state index in [0.717, 1.165) is 18.8 Å². The van der Waals surface area contributed by atoms with Crippen LogP contribution in [0.2, 0.25) is 0 Å². The Kier molecular flexibility index (Phi) is 3.58. The smallest absolute Gasteiger partial charge is 0.151 e. The molecule has 0 atom stereocenters. The third kappa shape index (κ3) is 2.43. The molecular weight excluding hydrogens is 225 g/mol. The summed E-state index contributed by atoms with van der Waals surface area (Å²) in [5, 5.41) is 5.83. The molecule has 1 N–H and O–H groups in total. The predicted octanol–water partition coefficient (Wildman–Crippen LogP) is 2.45. The molecule has 2 aromatic heterocycles. The van der Waals surface area contributed by atoms with E-state index in [9.17, 15) is 4.39 Å². The first kappa shape index (κ1) is 11.2. The van der Waals surface area contributed by atoms with Crippen molar-refractivity contribution in [2.45, 2.75) is 13.5 Å². The highest BCUT2D eigenvalue weighted by Gasteiger charge is 2.08. The van der Waals surface area contributed by atoms with Crippen LogP contribution in [-0.2, 0) is 6.54 Å². The van der Waals surface area contributed by atoms with Crippen molar-refractivity contribution in [1.29, 1.82) is 0 Å². The molecule has 0 fully saturated rings. The first-order valence-electron chi connectivity index (χ1n) is 5.06. The minimum Gasteiger partial charge on any atom is -0.311 e. The molecule has 0 aromatic carbocycles. The van der Waals surface area contributed by atoms with Crippen LogP contribution in [0, 0.1) is 5.82 Å². The Hall–Kier alpha value is -1.33. The van der Waals surface area contributed by atoms with Crippen molar-refractivity contribution in [1.82, 2.24) is 15.3 Å². The fraction of sp³-hybridized carbons (Fsp3) is 0.273. The van der Waals surface area contributed by atoms with Crippen LogP contribution in [0.15, 0.2) is 23.8 Å². The first-order valence-corrected chi connectivity index (χ1v) is 5.94. The minimum absolute atomic E-state index is 0.327. The van der Waals surface area contributed by atoms with Crippen molar-refractivity contribution in [2.24, 2.45) is 0 Å². The van der Waals surface area contributed by atoms with E-state index in [1.54, 1.807) is 12.3 Å². The fourth-order valence-electron chi connectivity index (χ4n) is 1.31. The van der Waals surface area contributed by atoms with Gasteiger partial charge in [-0.05, 0) is 12.6 Å². The highest BCUT2D eigenvalue weighted by molar-refractivity contribution is 7.13. The Balaban J connectivity index is 2.22. The second kappa shape index (κ2) is 5.14. The van der Waals surface area contributed by atoms with E-state index in [-0.39, 0.29) is 5.82 Å². The number of thiazole rings is 1. The lowest BCUT2D eigenvalue weighted by Crippen LogP contribution is -2.11. The quantitative estimate of drug-likeness (QED) is 0.887. The minimum atomic E-state index is -0.327. The third-order valence-electron chi connectivity index (χ3n) is 2.11. The average Bonchev–Trinajstić information content (AvgIpc) is 2.75. The summed E-state index contributed by atoms with van der Waals surface area (Å²) in [6, 6.07) is 1.64. The van der Waals surface area contributed by atoms with Gasteiger partial charge in [-0.15, -0.1) is 11.3 Å².